The summed E-state index contributed by atoms with van der Waals surface area (Å²) in [5, 5.41) is 31.7. The lowest BCUT2D eigenvalue weighted by molar-refractivity contribution is -0.301. The summed E-state index contributed by atoms with van der Waals surface area (Å²) in [4.78, 5) is 51.5. The van der Waals surface area contributed by atoms with Crippen molar-refractivity contribution in [3.05, 3.63) is 85.1 Å². The fourth-order valence-corrected chi connectivity index (χ4v) is 10.2. The largest absolute Gasteiger partial charge is 0.479 e. The third kappa shape index (κ3) is 49.6. The molecule has 1 aliphatic heterocycles. The monoisotopic (exact) mass is 1190 g/mol. The molecule has 85 heavy (non-hydrogen) atoms. The van der Waals surface area contributed by atoms with E-state index in [4.69, 9.17) is 23.7 Å². The van der Waals surface area contributed by atoms with Gasteiger partial charge in [0, 0.05) is 19.3 Å². The van der Waals surface area contributed by atoms with Gasteiger partial charge in [-0.3, -0.25) is 14.4 Å². The maximum absolute atomic E-state index is 13.2. The molecule has 1 rings (SSSR count). The van der Waals surface area contributed by atoms with Crippen molar-refractivity contribution >= 4 is 23.9 Å². The molecule has 0 saturated carbocycles. The number of hydrogen-bond acceptors (Lipinski definition) is 11. The van der Waals surface area contributed by atoms with Crippen molar-refractivity contribution in [3.63, 3.8) is 0 Å². The van der Waals surface area contributed by atoms with Crippen LogP contribution in [0.2, 0.25) is 0 Å². The van der Waals surface area contributed by atoms with Crippen LogP contribution < -0.4 is 0 Å². The van der Waals surface area contributed by atoms with Crippen LogP contribution in [0.3, 0.4) is 0 Å². The molecule has 0 amide bonds. The number of unbranched alkanes of at least 4 members (excludes halogenated alkanes) is 31. The van der Waals surface area contributed by atoms with Gasteiger partial charge in [0.2, 0.25) is 0 Å². The van der Waals surface area contributed by atoms with Gasteiger partial charge in [-0.1, -0.05) is 254 Å². The predicted octanol–water partition coefficient (Wildman–Crippen LogP) is 19.0. The zero-order valence-electron chi connectivity index (χ0n) is 54.1. The van der Waals surface area contributed by atoms with Crippen molar-refractivity contribution < 1.29 is 58.2 Å². The summed E-state index contributed by atoms with van der Waals surface area (Å²) in [5.74, 6) is -3.16. The average Bonchev–Trinajstić information content (AvgIpc) is 3.51. The van der Waals surface area contributed by atoms with Crippen LogP contribution in [-0.4, -0.2) is 89.2 Å². The molecule has 0 aromatic heterocycles. The van der Waals surface area contributed by atoms with Crippen LogP contribution in [0.4, 0.5) is 0 Å². The first-order valence-corrected chi connectivity index (χ1v) is 34.6. The smallest absolute Gasteiger partial charge is 0.335 e. The molecule has 12 heteroatoms. The average molecular weight is 1190 g/mol. The quantitative estimate of drug-likeness (QED) is 0.0228. The fourth-order valence-electron chi connectivity index (χ4n) is 10.2. The lowest BCUT2D eigenvalue weighted by Crippen LogP contribution is -2.61. The van der Waals surface area contributed by atoms with E-state index in [1.807, 2.05) is 0 Å². The van der Waals surface area contributed by atoms with E-state index >= 15 is 0 Å². The van der Waals surface area contributed by atoms with Gasteiger partial charge in [-0.15, -0.1) is 0 Å². The Kier molecular flexibility index (Phi) is 55.9. The zero-order valence-corrected chi connectivity index (χ0v) is 54.1. The van der Waals surface area contributed by atoms with Crippen molar-refractivity contribution in [2.24, 2.45) is 0 Å². The van der Waals surface area contributed by atoms with Gasteiger partial charge >= 0.3 is 23.9 Å². The van der Waals surface area contributed by atoms with Crippen LogP contribution in [0.5, 0.6) is 0 Å². The van der Waals surface area contributed by atoms with Crippen molar-refractivity contribution in [2.45, 2.75) is 340 Å². The Balaban J connectivity index is 2.66. The van der Waals surface area contributed by atoms with Crippen LogP contribution in [0.1, 0.15) is 303 Å². The van der Waals surface area contributed by atoms with E-state index in [0.717, 1.165) is 116 Å². The summed E-state index contributed by atoms with van der Waals surface area (Å²) in [7, 11) is 0. The Morgan fingerprint density at radius 3 is 1.15 bits per heavy atom. The summed E-state index contributed by atoms with van der Waals surface area (Å²) in [6.45, 7) is 5.88. The summed E-state index contributed by atoms with van der Waals surface area (Å²) >= 11 is 0. The number of aliphatic carboxylic acids is 1. The Morgan fingerprint density at radius 1 is 0.400 bits per heavy atom. The molecule has 0 spiro atoms. The van der Waals surface area contributed by atoms with Gasteiger partial charge < -0.3 is 39.0 Å². The molecule has 1 heterocycles. The van der Waals surface area contributed by atoms with Crippen LogP contribution in [0.25, 0.3) is 0 Å². The van der Waals surface area contributed by atoms with Crippen LogP contribution in [0, 0.1) is 0 Å². The summed E-state index contributed by atoms with van der Waals surface area (Å²) < 4.78 is 28.6. The first kappa shape index (κ1) is 78.9. The molecule has 0 radical (unpaired) electrons. The fraction of sp³-hybridized carbons (Fsp3) is 0.753. The molecule has 0 aromatic carbocycles. The number of carbonyl (C=O) groups excluding carboxylic acids is 3. The lowest BCUT2D eigenvalue weighted by atomic mass is 9.98. The normalized spacial score (nSPS) is 18.0. The molecule has 3 N–H and O–H groups in total. The Labute approximate surface area is 518 Å². The molecular formula is C73H124O12. The van der Waals surface area contributed by atoms with E-state index in [-0.39, 0.29) is 25.9 Å². The number of ether oxygens (including phenoxy) is 5. The number of carbonyl (C=O) groups is 4. The van der Waals surface area contributed by atoms with E-state index in [0.29, 0.717) is 19.3 Å². The highest BCUT2D eigenvalue weighted by atomic mass is 16.7. The second kappa shape index (κ2) is 60.2. The number of rotatable bonds is 59. The number of aliphatic hydroxyl groups is 2. The van der Waals surface area contributed by atoms with Crippen LogP contribution in [0.15, 0.2) is 85.1 Å². The standard InChI is InChI=1S/C73H124O12/c1-4-7-10-13-16-19-22-25-28-31-33-36-38-41-44-47-50-53-56-59-65(74)81-62-64(83-66(75)60-57-54-51-48-45-42-39-35-30-27-24-21-18-15-12-9-6-3)63-82-73-71(69(78)68(77)70(85-73)72(79)80)84-67(76)61-58-55-52-49-46-43-40-37-34-32-29-26-23-20-17-14-11-8-5-2/h7,10,16,19,25-30,33,36,41,44,64,68-71,73,77-78H,4-6,8-9,11-15,17-18,20-24,31-32,34-35,37-40,42-43,45-63H2,1-3H3,(H,79,80)/b10-7-,19-16-,28-25-,29-26-,30-27-,36-33-,44-41-. The van der Waals surface area contributed by atoms with E-state index in [1.54, 1.807) is 0 Å². The maximum Gasteiger partial charge on any atom is 0.335 e. The predicted molar refractivity (Wildman–Crippen MR) is 349 cm³/mol. The Morgan fingerprint density at radius 2 is 0.741 bits per heavy atom. The molecular weight excluding hydrogens is 1070 g/mol. The number of hydrogen-bond donors (Lipinski definition) is 3. The molecule has 1 saturated heterocycles. The molecule has 6 unspecified atom stereocenters. The van der Waals surface area contributed by atoms with Gasteiger partial charge in [-0.25, -0.2) is 4.79 Å². The minimum atomic E-state index is -1.91. The molecule has 1 aliphatic rings. The highest BCUT2D eigenvalue weighted by molar-refractivity contribution is 5.74. The van der Waals surface area contributed by atoms with Gasteiger partial charge in [0.05, 0.1) is 6.61 Å². The molecule has 0 bridgehead atoms. The Hall–Kier alpha value is -4.10. The first-order valence-electron chi connectivity index (χ1n) is 34.6. The van der Waals surface area contributed by atoms with E-state index in [9.17, 15) is 34.5 Å². The van der Waals surface area contributed by atoms with E-state index < -0.39 is 67.3 Å². The summed E-state index contributed by atoms with van der Waals surface area (Å²) in [5.41, 5.74) is 0. The topological polar surface area (TPSA) is 175 Å². The van der Waals surface area contributed by atoms with Gasteiger partial charge in [0.25, 0.3) is 0 Å². The lowest BCUT2D eigenvalue weighted by Gasteiger charge is -2.40. The first-order chi connectivity index (χ1) is 41.6. The zero-order chi connectivity index (χ0) is 61.7. The summed E-state index contributed by atoms with van der Waals surface area (Å²) in [6, 6.07) is 0. The maximum atomic E-state index is 13.2. The number of carboxylic acids is 1. The minimum absolute atomic E-state index is 0.0529. The summed E-state index contributed by atoms with van der Waals surface area (Å²) in [6.07, 6.45) is 66.7. The number of aliphatic hydroxyl groups excluding tert-OH is 2. The molecule has 6 atom stereocenters. The van der Waals surface area contributed by atoms with Crippen molar-refractivity contribution in [1.82, 2.24) is 0 Å². The molecule has 12 nitrogen and oxygen atoms in total. The highest BCUT2D eigenvalue weighted by Gasteiger charge is 2.50. The van der Waals surface area contributed by atoms with Gasteiger partial charge in [0.1, 0.15) is 18.8 Å². The SMILES string of the molecule is CC/C=C\C/C=C\C/C=C\C/C=C\C/C=C\CCCCCC(=O)OCC(COC1OC(C(=O)O)C(O)C(O)C1OC(=O)CCCCCCCCCCC/C=C\CCCCCCCC)OC(=O)CCCCCCCCC/C=C\CCCCCCCC. The number of carboxylic acid groups (broad SMARTS) is 1. The molecule has 0 aliphatic carbocycles. The van der Waals surface area contributed by atoms with Crippen molar-refractivity contribution in [3.8, 4) is 0 Å². The second-order valence-electron chi connectivity index (χ2n) is 23.4. The molecule has 488 valence electrons. The van der Waals surface area contributed by atoms with Gasteiger partial charge in [0.15, 0.2) is 24.6 Å². The van der Waals surface area contributed by atoms with Crippen molar-refractivity contribution in [2.75, 3.05) is 13.2 Å². The highest BCUT2D eigenvalue weighted by Crippen LogP contribution is 2.27. The van der Waals surface area contributed by atoms with E-state index in [2.05, 4.69) is 106 Å². The van der Waals surface area contributed by atoms with Crippen LogP contribution >= 0.6 is 0 Å². The van der Waals surface area contributed by atoms with Gasteiger partial charge in [-0.2, -0.15) is 0 Å². The molecule has 1 fully saturated rings. The van der Waals surface area contributed by atoms with Crippen molar-refractivity contribution in [1.29, 1.82) is 0 Å². The number of allylic oxidation sites excluding steroid dienone is 14. The number of esters is 3. The minimum Gasteiger partial charge on any atom is -0.479 e. The molecule has 0 aromatic rings. The van der Waals surface area contributed by atoms with E-state index in [1.165, 1.54) is 128 Å². The van der Waals surface area contributed by atoms with Crippen LogP contribution in [-0.2, 0) is 42.9 Å². The second-order valence-corrected chi connectivity index (χ2v) is 23.4. The Bertz CT molecular complexity index is 1800. The third-order valence-electron chi connectivity index (χ3n) is 15.4. The van der Waals surface area contributed by atoms with Gasteiger partial charge in [-0.05, 0) is 116 Å². The third-order valence-corrected chi connectivity index (χ3v) is 15.4.